The lowest BCUT2D eigenvalue weighted by Crippen LogP contribution is -2.54. The van der Waals surface area contributed by atoms with Crippen LogP contribution in [0.1, 0.15) is 89.6 Å². The fourth-order valence-corrected chi connectivity index (χ4v) is 5.92. The molecule has 1 fully saturated rings. The number of benzene rings is 3. The summed E-state index contributed by atoms with van der Waals surface area (Å²) in [7, 11) is 0. The number of aryl methyl sites for hydroxylation is 1. The Kier molecular flexibility index (Phi) is 9.41. The van der Waals surface area contributed by atoms with Gasteiger partial charge < -0.3 is 5.32 Å². The zero-order valence-corrected chi connectivity index (χ0v) is 23.8. The number of carbonyl (C=O) groups excluding carboxylic acids is 5. The molecule has 0 aliphatic carbocycles. The van der Waals surface area contributed by atoms with Gasteiger partial charge in [-0.1, -0.05) is 80.6 Å². The van der Waals surface area contributed by atoms with Gasteiger partial charge in [-0.25, -0.2) is 0 Å². The normalized spacial score (nSPS) is 16.6. The molecule has 1 saturated heterocycles. The summed E-state index contributed by atoms with van der Waals surface area (Å²) in [6.07, 6.45) is 8.99. The van der Waals surface area contributed by atoms with E-state index in [-0.39, 0.29) is 24.7 Å². The smallest absolute Gasteiger partial charge is 0.262 e. The van der Waals surface area contributed by atoms with E-state index in [0.29, 0.717) is 24.1 Å². The number of carbonyl (C=O) groups is 5. The number of imide groups is 2. The summed E-state index contributed by atoms with van der Waals surface area (Å²) in [5.41, 5.74) is 2.71. The van der Waals surface area contributed by atoms with Crippen LogP contribution in [-0.4, -0.2) is 47.0 Å². The molecule has 0 aromatic heterocycles. The summed E-state index contributed by atoms with van der Waals surface area (Å²) in [6.45, 7) is 0.699. The van der Waals surface area contributed by atoms with Gasteiger partial charge in [0.2, 0.25) is 17.7 Å². The number of hydrogen-bond donors (Lipinski definition) is 2. The van der Waals surface area contributed by atoms with E-state index < -0.39 is 23.8 Å². The first-order chi connectivity index (χ1) is 20.4. The van der Waals surface area contributed by atoms with Crippen molar-refractivity contribution in [3.8, 4) is 0 Å². The van der Waals surface area contributed by atoms with Gasteiger partial charge in [0.15, 0.2) is 0 Å². The Hall–Kier alpha value is -4.33. The van der Waals surface area contributed by atoms with Crippen LogP contribution in [0.3, 0.4) is 0 Å². The second-order valence-corrected chi connectivity index (χ2v) is 11.2. The molecule has 5 rings (SSSR count). The Morgan fingerprint density at radius 3 is 2.33 bits per heavy atom. The second-order valence-electron chi connectivity index (χ2n) is 11.2. The van der Waals surface area contributed by atoms with Crippen molar-refractivity contribution in [2.24, 2.45) is 0 Å². The van der Waals surface area contributed by atoms with E-state index in [4.69, 9.17) is 0 Å². The van der Waals surface area contributed by atoms with Crippen molar-refractivity contribution < 1.29 is 24.0 Å². The molecule has 3 aromatic rings. The van der Waals surface area contributed by atoms with Gasteiger partial charge in [0.25, 0.3) is 11.8 Å². The van der Waals surface area contributed by atoms with Crippen molar-refractivity contribution in [2.75, 3.05) is 6.54 Å². The van der Waals surface area contributed by atoms with E-state index in [1.807, 2.05) is 30.3 Å². The highest BCUT2D eigenvalue weighted by Gasteiger charge is 2.44. The van der Waals surface area contributed by atoms with E-state index in [1.54, 1.807) is 12.1 Å². The highest BCUT2D eigenvalue weighted by molar-refractivity contribution is 6.23. The van der Waals surface area contributed by atoms with E-state index in [1.165, 1.54) is 0 Å². The average Bonchev–Trinajstić information content (AvgIpc) is 3.23. The van der Waals surface area contributed by atoms with Gasteiger partial charge in [-0.05, 0) is 59.7 Å². The number of hydrogen-bond acceptors (Lipinski definition) is 5. The summed E-state index contributed by atoms with van der Waals surface area (Å²) in [6, 6.07) is 18.6. The highest BCUT2D eigenvalue weighted by Crippen LogP contribution is 2.29. The maximum Gasteiger partial charge on any atom is 0.262 e. The fraction of sp³-hybridized carbons (Fsp3) is 0.382. The number of nitrogens with one attached hydrogen (secondary N) is 2. The van der Waals surface area contributed by atoms with Crippen LogP contribution >= 0.6 is 0 Å². The third-order valence-electron chi connectivity index (χ3n) is 8.20. The number of amides is 5. The van der Waals surface area contributed by atoms with Crippen molar-refractivity contribution in [3.63, 3.8) is 0 Å². The van der Waals surface area contributed by atoms with Gasteiger partial charge in [0, 0.05) is 13.0 Å². The minimum Gasteiger partial charge on any atom is -0.356 e. The molecule has 2 aliphatic heterocycles. The van der Waals surface area contributed by atoms with Gasteiger partial charge in [-0.2, -0.15) is 0 Å². The number of nitrogens with zero attached hydrogens (tertiary/aromatic N) is 1. The van der Waals surface area contributed by atoms with Gasteiger partial charge in [-0.3, -0.25) is 34.2 Å². The molecule has 3 aromatic carbocycles. The molecule has 2 N–H and O–H groups in total. The largest absolute Gasteiger partial charge is 0.356 e. The molecule has 0 radical (unpaired) electrons. The molecule has 1 unspecified atom stereocenters. The van der Waals surface area contributed by atoms with Gasteiger partial charge in [0.05, 0.1) is 17.5 Å². The summed E-state index contributed by atoms with van der Waals surface area (Å²) >= 11 is 0. The van der Waals surface area contributed by atoms with Crippen molar-refractivity contribution in [3.05, 3.63) is 82.9 Å². The van der Waals surface area contributed by atoms with Gasteiger partial charge in [0.1, 0.15) is 6.04 Å². The summed E-state index contributed by atoms with van der Waals surface area (Å²) in [5.74, 6) is -1.85. The maximum atomic E-state index is 13.0. The number of rotatable bonds is 13. The molecule has 0 bridgehead atoms. The lowest BCUT2D eigenvalue weighted by atomic mass is 10.0. The number of fused-ring (bicyclic) bond motifs is 2. The first kappa shape index (κ1) is 29.2. The molecule has 2 aliphatic rings. The third kappa shape index (κ3) is 6.75. The minimum absolute atomic E-state index is 0.0626. The Balaban J connectivity index is 0.954. The predicted octanol–water partition coefficient (Wildman–Crippen LogP) is 4.87. The van der Waals surface area contributed by atoms with E-state index >= 15 is 0 Å². The SMILES string of the molecule is O=C(Cc1cccc2ccccc12)NCCCCCCCCCc1ccc2c(c1)C(=O)N(C1CCC(=O)NC1=O)C2=O. The van der Waals surface area contributed by atoms with Crippen LogP contribution < -0.4 is 10.6 Å². The zero-order valence-electron chi connectivity index (χ0n) is 23.8. The maximum absolute atomic E-state index is 13.0. The van der Waals surface area contributed by atoms with E-state index in [0.717, 1.165) is 78.2 Å². The lowest BCUT2D eigenvalue weighted by Gasteiger charge is -2.27. The standard InChI is InChI=1S/C34H37N3O5/c38-30-19-18-29(32(40)36-30)37-33(41)27-17-16-23(21-28(27)34(37)42)11-6-4-2-1-3-5-9-20-35-31(39)22-25-14-10-13-24-12-7-8-15-26(24)25/h7-8,10,12-17,21,29H,1-6,9,11,18-20,22H2,(H,35,39)(H,36,38,40). The number of unbranched alkanes of at least 4 members (excludes halogenated alkanes) is 6. The Morgan fingerprint density at radius 1 is 0.810 bits per heavy atom. The molecule has 5 amide bonds. The summed E-state index contributed by atoms with van der Waals surface area (Å²) in [5, 5.41) is 7.56. The van der Waals surface area contributed by atoms with Crippen LogP contribution in [0.5, 0.6) is 0 Å². The number of piperidine rings is 1. The molecular weight excluding hydrogens is 530 g/mol. The van der Waals surface area contributed by atoms with E-state index in [2.05, 4.69) is 28.8 Å². The predicted molar refractivity (Wildman–Crippen MR) is 160 cm³/mol. The Bertz CT molecular complexity index is 1510. The monoisotopic (exact) mass is 567 g/mol. The summed E-state index contributed by atoms with van der Waals surface area (Å²) < 4.78 is 0. The van der Waals surface area contributed by atoms with E-state index in [9.17, 15) is 24.0 Å². The van der Waals surface area contributed by atoms with Crippen molar-refractivity contribution in [1.29, 1.82) is 0 Å². The van der Waals surface area contributed by atoms with Crippen LogP contribution in [0.25, 0.3) is 10.8 Å². The van der Waals surface area contributed by atoms with Crippen molar-refractivity contribution >= 4 is 40.3 Å². The zero-order chi connectivity index (χ0) is 29.5. The molecular formula is C34H37N3O5. The first-order valence-electron chi connectivity index (χ1n) is 15.0. The molecule has 8 heteroatoms. The quantitative estimate of drug-likeness (QED) is 0.226. The highest BCUT2D eigenvalue weighted by atomic mass is 16.2. The minimum atomic E-state index is -0.940. The molecule has 218 valence electrons. The van der Waals surface area contributed by atoms with Crippen LogP contribution in [0.2, 0.25) is 0 Å². The topological polar surface area (TPSA) is 113 Å². The Morgan fingerprint density at radius 2 is 1.52 bits per heavy atom. The summed E-state index contributed by atoms with van der Waals surface area (Å²) in [4.78, 5) is 62.9. The molecule has 42 heavy (non-hydrogen) atoms. The van der Waals surface area contributed by atoms with Crippen molar-refractivity contribution in [2.45, 2.75) is 76.7 Å². The van der Waals surface area contributed by atoms with Crippen LogP contribution in [-0.2, 0) is 27.2 Å². The molecule has 1 atom stereocenters. The molecule has 8 nitrogen and oxygen atoms in total. The van der Waals surface area contributed by atoms with Gasteiger partial charge in [-0.15, -0.1) is 0 Å². The third-order valence-corrected chi connectivity index (χ3v) is 8.20. The fourth-order valence-electron chi connectivity index (χ4n) is 5.92. The lowest BCUT2D eigenvalue weighted by molar-refractivity contribution is -0.136. The van der Waals surface area contributed by atoms with Crippen LogP contribution in [0.15, 0.2) is 60.7 Å². The molecule has 0 saturated carbocycles. The van der Waals surface area contributed by atoms with Gasteiger partial charge >= 0.3 is 0 Å². The second kappa shape index (κ2) is 13.6. The first-order valence-corrected chi connectivity index (χ1v) is 15.0. The van der Waals surface area contributed by atoms with Crippen LogP contribution in [0.4, 0.5) is 0 Å². The Labute approximate surface area is 245 Å². The van der Waals surface area contributed by atoms with Crippen molar-refractivity contribution in [1.82, 2.24) is 15.5 Å². The average molecular weight is 568 g/mol. The molecule has 2 heterocycles. The van der Waals surface area contributed by atoms with Crippen LogP contribution in [0, 0.1) is 0 Å². The molecule has 0 spiro atoms.